The first-order valence-corrected chi connectivity index (χ1v) is 5.01. The van der Waals surface area contributed by atoms with Crippen LogP contribution >= 0.6 is 0 Å². The molecule has 0 saturated carbocycles. The molecular weight excluding hydrogens is 220 g/mol. The van der Waals surface area contributed by atoms with Gasteiger partial charge in [-0.2, -0.15) is 5.10 Å². The van der Waals surface area contributed by atoms with Crippen molar-refractivity contribution in [3.63, 3.8) is 0 Å². The molecule has 84 valence electrons. The molecule has 0 fully saturated rings. The van der Waals surface area contributed by atoms with Gasteiger partial charge in [-0.25, -0.2) is 4.68 Å². The molecule has 2 heterocycles. The van der Waals surface area contributed by atoms with Crippen LogP contribution in [0.25, 0.3) is 16.6 Å². The molecule has 6 heteroatoms. The SMILES string of the molecule is O=c1[nH][nH]c(=O)c2nn(-c3ccccc3)cc12. The molecule has 17 heavy (non-hydrogen) atoms. The minimum absolute atomic E-state index is 0.137. The number of aromatic amines is 2. The van der Waals surface area contributed by atoms with Crippen LogP contribution in [0.2, 0.25) is 0 Å². The highest BCUT2D eigenvalue weighted by Crippen LogP contribution is 2.08. The monoisotopic (exact) mass is 228 g/mol. The lowest BCUT2D eigenvalue weighted by Crippen LogP contribution is -2.18. The third kappa shape index (κ3) is 1.46. The Morgan fingerprint density at radius 2 is 1.71 bits per heavy atom. The Kier molecular flexibility index (Phi) is 1.94. The maximum atomic E-state index is 11.5. The van der Waals surface area contributed by atoms with Gasteiger partial charge in [0.2, 0.25) is 0 Å². The number of hydrogen-bond acceptors (Lipinski definition) is 3. The van der Waals surface area contributed by atoms with Crippen molar-refractivity contribution >= 4 is 10.9 Å². The van der Waals surface area contributed by atoms with Crippen LogP contribution in [0.1, 0.15) is 0 Å². The molecule has 0 aliphatic heterocycles. The highest BCUT2D eigenvalue weighted by atomic mass is 16.1. The zero-order chi connectivity index (χ0) is 11.8. The minimum atomic E-state index is -0.408. The van der Waals surface area contributed by atoms with Gasteiger partial charge in [0.25, 0.3) is 11.1 Å². The quantitative estimate of drug-likeness (QED) is 0.632. The summed E-state index contributed by atoms with van der Waals surface area (Å²) in [5.41, 5.74) is 0.163. The van der Waals surface area contributed by atoms with Crippen molar-refractivity contribution in [3.05, 3.63) is 57.2 Å². The summed E-state index contributed by atoms with van der Waals surface area (Å²) >= 11 is 0. The molecule has 6 nitrogen and oxygen atoms in total. The van der Waals surface area contributed by atoms with E-state index in [-0.39, 0.29) is 16.5 Å². The summed E-state index contributed by atoms with van der Waals surface area (Å²) in [6.45, 7) is 0. The van der Waals surface area contributed by atoms with E-state index in [4.69, 9.17) is 0 Å². The third-order valence-electron chi connectivity index (χ3n) is 2.48. The maximum absolute atomic E-state index is 11.5. The van der Waals surface area contributed by atoms with Crippen molar-refractivity contribution in [1.29, 1.82) is 0 Å². The van der Waals surface area contributed by atoms with Gasteiger partial charge < -0.3 is 0 Å². The molecule has 2 N–H and O–H groups in total. The Morgan fingerprint density at radius 3 is 2.41 bits per heavy atom. The van der Waals surface area contributed by atoms with E-state index in [9.17, 15) is 9.59 Å². The van der Waals surface area contributed by atoms with Crippen LogP contribution in [0.15, 0.2) is 46.1 Å². The van der Waals surface area contributed by atoms with E-state index < -0.39 is 5.56 Å². The Hall–Kier alpha value is -2.63. The zero-order valence-electron chi connectivity index (χ0n) is 8.68. The summed E-state index contributed by atoms with van der Waals surface area (Å²) in [6, 6.07) is 9.28. The lowest BCUT2D eigenvalue weighted by atomic mass is 10.3. The zero-order valence-corrected chi connectivity index (χ0v) is 8.68. The van der Waals surface area contributed by atoms with Gasteiger partial charge in [0.15, 0.2) is 5.52 Å². The third-order valence-corrected chi connectivity index (χ3v) is 2.48. The number of nitrogens with zero attached hydrogens (tertiary/aromatic N) is 2. The minimum Gasteiger partial charge on any atom is -0.267 e. The lowest BCUT2D eigenvalue weighted by molar-refractivity contribution is 0.890. The van der Waals surface area contributed by atoms with Crippen molar-refractivity contribution < 1.29 is 0 Å². The summed E-state index contributed by atoms with van der Waals surface area (Å²) in [4.78, 5) is 23.0. The smallest absolute Gasteiger partial charge is 0.267 e. The highest BCUT2D eigenvalue weighted by molar-refractivity contribution is 5.76. The molecule has 0 radical (unpaired) electrons. The van der Waals surface area contributed by atoms with Gasteiger partial charge in [-0.15, -0.1) is 0 Å². The van der Waals surface area contributed by atoms with E-state index in [2.05, 4.69) is 15.3 Å². The topological polar surface area (TPSA) is 83.5 Å². The van der Waals surface area contributed by atoms with Gasteiger partial charge in [-0.3, -0.25) is 19.8 Å². The fraction of sp³-hybridized carbons (Fsp3) is 0. The first kappa shape index (κ1) is 9.59. The molecular formula is C11H8N4O2. The Morgan fingerprint density at radius 1 is 1.00 bits per heavy atom. The second-order valence-electron chi connectivity index (χ2n) is 3.58. The van der Waals surface area contributed by atoms with Crippen LogP contribution in [0.5, 0.6) is 0 Å². The van der Waals surface area contributed by atoms with Gasteiger partial charge in [-0.1, -0.05) is 18.2 Å². The van der Waals surface area contributed by atoms with Crippen molar-refractivity contribution in [1.82, 2.24) is 20.0 Å². The van der Waals surface area contributed by atoms with E-state index in [0.717, 1.165) is 5.69 Å². The Balaban J connectivity index is 2.35. The molecule has 3 rings (SSSR count). The number of para-hydroxylation sites is 1. The number of hydrogen-bond donors (Lipinski definition) is 2. The number of aromatic nitrogens is 4. The lowest BCUT2D eigenvalue weighted by Gasteiger charge is -1.97. The van der Waals surface area contributed by atoms with Crippen LogP contribution < -0.4 is 11.1 Å². The van der Waals surface area contributed by atoms with Crippen molar-refractivity contribution in [2.45, 2.75) is 0 Å². The van der Waals surface area contributed by atoms with Gasteiger partial charge >= 0.3 is 0 Å². The Bertz CT molecular complexity index is 735. The fourth-order valence-electron chi connectivity index (χ4n) is 1.66. The second-order valence-corrected chi connectivity index (χ2v) is 3.58. The molecule has 1 aromatic carbocycles. The van der Waals surface area contributed by atoms with Crippen molar-refractivity contribution in [3.8, 4) is 5.69 Å². The van der Waals surface area contributed by atoms with Crippen LogP contribution in [0.4, 0.5) is 0 Å². The average Bonchev–Trinajstić information content (AvgIpc) is 2.81. The molecule has 0 saturated heterocycles. The van der Waals surface area contributed by atoms with E-state index in [0.29, 0.717) is 0 Å². The molecule has 3 aromatic rings. The summed E-state index contributed by atoms with van der Waals surface area (Å²) in [6.07, 6.45) is 1.54. The molecule has 0 spiro atoms. The summed E-state index contributed by atoms with van der Waals surface area (Å²) in [5, 5.41) is 8.87. The largest absolute Gasteiger partial charge is 0.291 e. The maximum Gasteiger partial charge on any atom is 0.291 e. The number of H-pyrrole nitrogens is 2. The fourth-order valence-corrected chi connectivity index (χ4v) is 1.66. The van der Waals surface area contributed by atoms with Crippen LogP contribution in [-0.4, -0.2) is 20.0 Å². The number of nitrogens with one attached hydrogen (secondary N) is 2. The summed E-state index contributed by atoms with van der Waals surface area (Å²) in [7, 11) is 0. The van der Waals surface area contributed by atoms with E-state index in [1.54, 1.807) is 6.20 Å². The predicted octanol–water partition coefficient (Wildman–Crippen LogP) is 0.402. The first-order chi connectivity index (χ1) is 8.25. The van der Waals surface area contributed by atoms with E-state index in [1.165, 1.54) is 4.68 Å². The van der Waals surface area contributed by atoms with Gasteiger partial charge in [0, 0.05) is 6.20 Å². The Labute approximate surface area is 94.5 Å². The average molecular weight is 228 g/mol. The molecule has 0 amide bonds. The predicted molar refractivity (Wildman–Crippen MR) is 62.3 cm³/mol. The van der Waals surface area contributed by atoms with Gasteiger partial charge in [0.1, 0.15) is 0 Å². The number of fused-ring (bicyclic) bond motifs is 1. The van der Waals surface area contributed by atoms with Crippen LogP contribution in [-0.2, 0) is 0 Å². The van der Waals surface area contributed by atoms with Crippen molar-refractivity contribution in [2.24, 2.45) is 0 Å². The van der Waals surface area contributed by atoms with Gasteiger partial charge in [0.05, 0.1) is 11.1 Å². The summed E-state index contributed by atoms with van der Waals surface area (Å²) in [5.74, 6) is 0. The van der Waals surface area contributed by atoms with E-state index >= 15 is 0 Å². The molecule has 2 aromatic heterocycles. The second kappa shape index (κ2) is 3.44. The normalized spacial score (nSPS) is 10.8. The highest BCUT2D eigenvalue weighted by Gasteiger charge is 2.08. The van der Waals surface area contributed by atoms with Gasteiger partial charge in [-0.05, 0) is 12.1 Å². The van der Waals surface area contributed by atoms with Crippen LogP contribution in [0, 0.1) is 0 Å². The molecule has 0 aliphatic rings. The number of benzene rings is 1. The van der Waals surface area contributed by atoms with E-state index in [1.807, 2.05) is 30.3 Å². The number of rotatable bonds is 1. The van der Waals surface area contributed by atoms with Crippen LogP contribution in [0.3, 0.4) is 0 Å². The molecule has 0 unspecified atom stereocenters. The molecule has 0 aliphatic carbocycles. The summed E-state index contributed by atoms with van der Waals surface area (Å²) < 4.78 is 1.51. The standard InChI is InChI=1S/C11H8N4O2/c16-10-8-6-15(7-4-2-1-3-5-7)14-9(8)11(17)13-12-10/h1-6H,(H,12,16)(H,13,17). The first-order valence-electron chi connectivity index (χ1n) is 5.01. The molecule has 0 bridgehead atoms. The molecule has 0 atom stereocenters. The van der Waals surface area contributed by atoms with Crippen molar-refractivity contribution in [2.75, 3.05) is 0 Å².